The van der Waals surface area contributed by atoms with Gasteiger partial charge in [0.25, 0.3) is 0 Å². The number of rotatable bonds is 5. The zero-order valence-corrected chi connectivity index (χ0v) is 10.9. The topological polar surface area (TPSA) is 68.8 Å². The van der Waals surface area contributed by atoms with Crippen LogP contribution in [0.25, 0.3) is 5.69 Å². The van der Waals surface area contributed by atoms with Gasteiger partial charge in [-0.05, 0) is 18.2 Å². The lowest BCUT2D eigenvalue weighted by Crippen LogP contribution is -2.02. The van der Waals surface area contributed by atoms with E-state index < -0.39 is 0 Å². The number of aliphatic hydroxyl groups excluding tert-OH is 1. The van der Waals surface area contributed by atoms with Gasteiger partial charge in [-0.15, -0.1) is 5.10 Å². The molecule has 6 nitrogen and oxygen atoms in total. The third kappa shape index (κ3) is 2.75. The molecular weight excluding hydrogens is 254 g/mol. The van der Waals surface area contributed by atoms with Crippen LogP contribution < -0.4 is 0 Å². The molecular formula is C14H15N5O. The molecule has 0 saturated carbocycles. The first-order valence-corrected chi connectivity index (χ1v) is 6.45. The monoisotopic (exact) mass is 269 g/mol. The molecule has 0 fully saturated rings. The van der Waals surface area contributed by atoms with E-state index in [1.807, 2.05) is 53.5 Å². The Bertz CT molecular complexity index is 674. The predicted molar refractivity (Wildman–Crippen MR) is 73.5 cm³/mol. The van der Waals surface area contributed by atoms with Crippen LogP contribution >= 0.6 is 0 Å². The minimum absolute atomic E-state index is 0.0847. The van der Waals surface area contributed by atoms with Crippen molar-refractivity contribution in [1.29, 1.82) is 0 Å². The van der Waals surface area contributed by atoms with Gasteiger partial charge in [-0.2, -0.15) is 5.10 Å². The molecule has 0 saturated heterocycles. The van der Waals surface area contributed by atoms with Crippen molar-refractivity contribution in [2.45, 2.75) is 13.0 Å². The quantitative estimate of drug-likeness (QED) is 0.751. The molecule has 0 spiro atoms. The number of hydrogen-bond donors (Lipinski definition) is 1. The standard InChI is InChI=1S/C14H15N5O/c20-9-7-12-10-18(17-15-12)11-13-6-8-19(16-13)14-4-2-1-3-5-14/h1-6,8,10,20H,7,9,11H2. The molecule has 0 amide bonds. The Morgan fingerprint density at radius 2 is 1.90 bits per heavy atom. The third-order valence-electron chi connectivity index (χ3n) is 2.94. The summed E-state index contributed by atoms with van der Waals surface area (Å²) in [5.41, 5.74) is 2.72. The van der Waals surface area contributed by atoms with Gasteiger partial charge in [-0.3, -0.25) is 0 Å². The van der Waals surface area contributed by atoms with Crippen molar-refractivity contribution in [1.82, 2.24) is 24.8 Å². The Hall–Kier alpha value is -2.47. The number of aromatic nitrogens is 5. The molecule has 1 N–H and O–H groups in total. The van der Waals surface area contributed by atoms with Crippen LogP contribution in [0.5, 0.6) is 0 Å². The Morgan fingerprint density at radius 3 is 2.70 bits per heavy atom. The molecule has 3 rings (SSSR count). The van der Waals surface area contributed by atoms with E-state index in [1.165, 1.54) is 0 Å². The van der Waals surface area contributed by atoms with Crippen LogP contribution in [-0.2, 0) is 13.0 Å². The van der Waals surface area contributed by atoms with Gasteiger partial charge < -0.3 is 5.11 Å². The van der Waals surface area contributed by atoms with Gasteiger partial charge in [0.1, 0.15) is 0 Å². The first-order valence-electron chi connectivity index (χ1n) is 6.45. The van der Waals surface area contributed by atoms with Crippen molar-refractivity contribution in [3.05, 3.63) is 60.2 Å². The molecule has 2 aromatic heterocycles. The second kappa shape index (κ2) is 5.66. The Morgan fingerprint density at radius 1 is 1.05 bits per heavy atom. The van der Waals surface area contributed by atoms with Gasteiger partial charge in [0.15, 0.2) is 0 Å². The van der Waals surface area contributed by atoms with Crippen LogP contribution in [0.1, 0.15) is 11.4 Å². The van der Waals surface area contributed by atoms with E-state index in [4.69, 9.17) is 5.11 Å². The number of para-hydroxylation sites is 1. The van der Waals surface area contributed by atoms with Crippen molar-refractivity contribution in [3.63, 3.8) is 0 Å². The van der Waals surface area contributed by atoms with E-state index in [-0.39, 0.29) is 6.61 Å². The number of hydrogen-bond acceptors (Lipinski definition) is 4. The maximum absolute atomic E-state index is 8.86. The minimum Gasteiger partial charge on any atom is -0.396 e. The van der Waals surface area contributed by atoms with Gasteiger partial charge >= 0.3 is 0 Å². The highest BCUT2D eigenvalue weighted by Crippen LogP contribution is 2.07. The maximum Gasteiger partial charge on any atom is 0.0867 e. The largest absolute Gasteiger partial charge is 0.396 e. The van der Waals surface area contributed by atoms with Crippen LogP contribution in [-0.4, -0.2) is 36.5 Å². The fourth-order valence-electron chi connectivity index (χ4n) is 1.98. The Labute approximate surface area is 116 Å². The number of aliphatic hydroxyl groups is 1. The van der Waals surface area contributed by atoms with Crippen LogP contribution in [0.4, 0.5) is 0 Å². The van der Waals surface area contributed by atoms with E-state index >= 15 is 0 Å². The van der Waals surface area contributed by atoms with Gasteiger partial charge in [0.05, 0.1) is 23.6 Å². The van der Waals surface area contributed by atoms with Gasteiger partial charge in [0.2, 0.25) is 0 Å². The van der Waals surface area contributed by atoms with Crippen molar-refractivity contribution in [2.24, 2.45) is 0 Å². The third-order valence-corrected chi connectivity index (χ3v) is 2.94. The summed E-state index contributed by atoms with van der Waals surface area (Å²) in [5.74, 6) is 0. The maximum atomic E-state index is 8.86. The van der Waals surface area contributed by atoms with Crippen LogP contribution in [0.3, 0.4) is 0 Å². The summed E-state index contributed by atoms with van der Waals surface area (Å²) >= 11 is 0. The summed E-state index contributed by atoms with van der Waals surface area (Å²) < 4.78 is 3.56. The average molecular weight is 269 g/mol. The summed E-state index contributed by atoms with van der Waals surface area (Å²) in [6.07, 6.45) is 4.28. The van der Waals surface area contributed by atoms with Crippen molar-refractivity contribution in [3.8, 4) is 5.69 Å². The SMILES string of the molecule is OCCc1cn(Cc2ccn(-c3ccccc3)n2)nn1. The molecule has 0 radical (unpaired) electrons. The zero-order valence-electron chi connectivity index (χ0n) is 10.9. The molecule has 102 valence electrons. The van der Waals surface area contributed by atoms with Crippen molar-refractivity contribution < 1.29 is 5.11 Å². The lowest BCUT2D eigenvalue weighted by atomic mass is 10.3. The highest BCUT2D eigenvalue weighted by molar-refractivity contribution is 5.30. The second-order valence-corrected chi connectivity index (χ2v) is 4.47. The molecule has 3 aromatic rings. The molecule has 0 atom stereocenters. The van der Waals surface area contributed by atoms with Gasteiger partial charge in [-0.25, -0.2) is 9.36 Å². The molecule has 0 unspecified atom stereocenters. The normalized spacial score (nSPS) is 10.8. The molecule has 0 aliphatic rings. The van der Waals surface area contributed by atoms with E-state index in [9.17, 15) is 0 Å². The van der Waals surface area contributed by atoms with Crippen molar-refractivity contribution in [2.75, 3.05) is 6.61 Å². The van der Waals surface area contributed by atoms with E-state index in [2.05, 4.69) is 15.4 Å². The van der Waals surface area contributed by atoms with Crippen LogP contribution in [0.15, 0.2) is 48.8 Å². The summed E-state index contributed by atoms with van der Waals surface area (Å²) in [5, 5.41) is 21.4. The van der Waals surface area contributed by atoms with E-state index in [1.54, 1.807) is 4.68 Å². The molecule has 0 aliphatic carbocycles. The summed E-state index contributed by atoms with van der Waals surface area (Å²) in [4.78, 5) is 0. The number of nitrogens with zero attached hydrogens (tertiary/aromatic N) is 5. The van der Waals surface area contributed by atoms with Crippen LogP contribution in [0.2, 0.25) is 0 Å². The second-order valence-electron chi connectivity index (χ2n) is 4.47. The zero-order chi connectivity index (χ0) is 13.8. The lowest BCUT2D eigenvalue weighted by molar-refractivity contribution is 0.298. The van der Waals surface area contributed by atoms with Gasteiger partial charge in [-0.1, -0.05) is 23.4 Å². The minimum atomic E-state index is 0.0847. The fraction of sp³-hybridized carbons (Fsp3) is 0.214. The highest BCUT2D eigenvalue weighted by Gasteiger charge is 2.04. The Balaban J connectivity index is 1.73. The Kier molecular flexibility index (Phi) is 3.56. The smallest absolute Gasteiger partial charge is 0.0867 e. The van der Waals surface area contributed by atoms with Gasteiger partial charge in [0, 0.05) is 25.4 Å². The first-order chi connectivity index (χ1) is 9.85. The summed E-state index contributed by atoms with van der Waals surface area (Å²) in [6, 6.07) is 11.9. The molecule has 0 bridgehead atoms. The van der Waals surface area contributed by atoms with E-state index in [0.29, 0.717) is 13.0 Å². The summed E-state index contributed by atoms with van der Waals surface area (Å²) in [7, 11) is 0. The highest BCUT2D eigenvalue weighted by atomic mass is 16.3. The lowest BCUT2D eigenvalue weighted by Gasteiger charge is -2.00. The first kappa shape index (κ1) is 12.6. The van der Waals surface area contributed by atoms with E-state index in [0.717, 1.165) is 17.1 Å². The predicted octanol–water partition coefficient (Wildman–Crippen LogP) is 1.05. The average Bonchev–Trinajstić information content (AvgIpc) is 3.11. The molecule has 1 aromatic carbocycles. The molecule has 2 heterocycles. The molecule has 20 heavy (non-hydrogen) atoms. The molecule has 0 aliphatic heterocycles. The fourth-order valence-corrected chi connectivity index (χ4v) is 1.98. The summed E-state index contributed by atoms with van der Waals surface area (Å²) in [6.45, 7) is 0.652. The number of benzene rings is 1. The molecule has 6 heteroatoms. The van der Waals surface area contributed by atoms with Crippen molar-refractivity contribution >= 4 is 0 Å². The van der Waals surface area contributed by atoms with Crippen LogP contribution in [0, 0.1) is 0 Å².